The van der Waals surface area contributed by atoms with Crippen LogP contribution in [0, 0.1) is 5.39 Å². The highest BCUT2D eigenvalue weighted by Gasteiger charge is 2.46. The molecule has 1 aromatic rings. The fourth-order valence-corrected chi connectivity index (χ4v) is 2.95. The molecule has 0 aromatic heterocycles. The number of nitrogens with zero attached hydrogens (tertiary/aromatic N) is 2. The molecule has 0 fully saturated rings. The molecule has 1 aromatic carbocycles. The molecule has 0 bridgehead atoms. The van der Waals surface area contributed by atoms with Gasteiger partial charge in [-0.05, 0) is 13.8 Å². The van der Waals surface area contributed by atoms with Crippen LogP contribution >= 0.6 is 7.60 Å². The van der Waals surface area contributed by atoms with Crippen LogP contribution in [0.2, 0.25) is 0 Å². The summed E-state index contributed by atoms with van der Waals surface area (Å²) in [6, 6.07) is 8.31. The van der Waals surface area contributed by atoms with E-state index < -0.39 is 18.8 Å². The molecule has 1 rings (SSSR count). The van der Waals surface area contributed by atoms with E-state index in [4.69, 9.17) is 14.4 Å². The third-order valence-corrected chi connectivity index (χ3v) is 4.23. The Morgan fingerprint density at radius 2 is 1.79 bits per heavy atom. The van der Waals surface area contributed by atoms with Gasteiger partial charge in [-0.15, -0.1) is 0 Å². The van der Waals surface area contributed by atoms with E-state index in [-0.39, 0.29) is 13.2 Å². The smallest absolute Gasteiger partial charge is 0.501 e. The van der Waals surface area contributed by atoms with E-state index >= 15 is 0 Å². The van der Waals surface area contributed by atoms with E-state index in [9.17, 15) is 9.67 Å². The number of aliphatic hydroxyl groups is 1. The van der Waals surface area contributed by atoms with Crippen molar-refractivity contribution in [2.45, 2.75) is 13.8 Å². The second kappa shape index (κ2) is 7.05. The first-order valence-electron chi connectivity index (χ1n) is 5.82. The molecule has 0 unspecified atom stereocenters. The zero-order valence-corrected chi connectivity index (χ0v) is 11.7. The number of benzene rings is 1. The highest BCUT2D eigenvalue weighted by Crippen LogP contribution is 2.58. The van der Waals surface area contributed by atoms with E-state index in [2.05, 4.69) is 4.98 Å². The van der Waals surface area contributed by atoms with Gasteiger partial charge in [0.05, 0.1) is 13.2 Å². The van der Waals surface area contributed by atoms with Crippen molar-refractivity contribution in [2.24, 2.45) is 0 Å². The molecule has 0 aliphatic carbocycles. The summed E-state index contributed by atoms with van der Waals surface area (Å²) >= 11 is 0. The number of hydrogen-bond acceptors (Lipinski definition) is 5. The second-order valence-corrected chi connectivity index (χ2v) is 5.41. The quantitative estimate of drug-likeness (QED) is 0.484. The van der Waals surface area contributed by atoms with Crippen LogP contribution in [-0.4, -0.2) is 18.3 Å². The van der Waals surface area contributed by atoms with Gasteiger partial charge in [-0.2, -0.15) is 0 Å². The molecule has 0 atom stereocenters. The maximum absolute atomic E-state index is 12.4. The summed E-state index contributed by atoms with van der Waals surface area (Å²) in [5.74, 6) is -0.437. The third kappa shape index (κ3) is 3.65. The van der Waals surface area contributed by atoms with Gasteiger partial charge >= 0.3 is 13.0 Å². The normalized spacial score (nSPS) is 12.7. The molecule has 102 valence electrons. The predicted octanol–water partition coefficient (Wildman–Crippen LogP) is 3.99. The van der Waals surface area contributed by atoms with Crippen LogP contribution in [0.25, 0.3) is 10.7 Å². The minimum absolute atomic E-state index is 0.0956. The average molecular weight is 283 g/mol. The van der Waals surface area contributed by atoms with E-state index in [1.165, 1.54) is 0 Å². The van der Waals surface area contributed by atoms with Gasteiger partial charge < -0.3 is 14.2 Å². The molecule has 1 N–H and O–H groups in total. The van der Waals surface area contributed by atoms with Crippen LogP contribution in [0.3, 0.4) is 0 Å². The minimum Gasteiger partial charge on any atom is -0.501 e. The zero-order chi connectivity index (χ0) is 14.3. The molecule has 0 amide bonds. The Morgan fingerprint density at radius 3 is 2.21 bits per heavy atom. The molecule has 0 radical (unpaired) electrons. The van der Waals surface area contributed by atoms with Crippen molar-refractivity contribution in [1.82, 2.24) is 0 Å². The molecule has 7 heteroatoms. The van der Waals surface area contributed by atoms with E-state index in [1.54, 1.807) is 44.2 Å². The Balaban J connectivity index is 3.32. The molecule has 0 saturated carbocycles. The van der Waals surface area contributed by atoms with Crippen molar-refractivity contribution in [3.8, 4) is 0 Å². The fourth-order valence-electron chi connectivity index (χ4n) is 1.46. The van der Waals surface area contributed by atoms with Crippen LogP contribution in [0.15, 0.2) is 35.8 Å². The largest absolute Gasteiger partial charge is 0.511 e. The lowest BCUT2D eigenvalue weighted by molar-refractivity contribution is 0.226. The lowest BCUT2D eigenvalue weighted by atomic mass is 10.2. The summed E-state index contributed by atoms with van der Waals surface area (Å²) < 4.78 is 22.5. The summed E-state index contributed by atoms with van der Waals surface area (Å²) in [6.07, 6.45) is 0. The van der Waals surface area contributed by atoms with Crippen LogP contribution in [0.5, 0.6) is 0 Å². The van der Waals surface area contributed by atoms with Gasteiger partial charge in [0.1, 0.15) is 0 Å². The van der Waals surface area contributed by atoms with Crippen molar-refractivity contribution < 1.29 is 18.7 Å². The molecule has 19 heavy (non-hydrogen) atoms. The maximum atomic E-state index is 12.4. The Kier molecular flexibility index (Phi) is 5.71. The van der Waals surface area contributed by atoms with Crippen molar-refractivity contribution in [3.05, 3.63) is 46.3 Å². The van der Waals surface area contributed by atoms with E-state index in [0.717, 1.165) is 0 Å². The predicted molar refractivity (Wildman–Crippen MR) is 71.9 cm³/mol. The first-order chi connectivity index (χ1) is 9.09. The molecule has 0 saturated heterocycles. The highest BCUT2D eigenvalue weighted by atomic mass is 31.2. The lowest BCUT2D eigenvalue weighted by Crippen LogP contribution is -1.99. The number of diazo groups is 1. The molecule has 0 aliphatic heterocycles. The Bertz CT molecular complexity index is 526. The molecule has 0 spiro atoms. The van der Waals surface area contributed by atoms with Crippen LogP contribution in [-0.2, 0) is 13.6 Å². The van der Waals surface area contributed by atoms with Crippen molar-refractivity contribution in [3.63, 3.8) is 0 Å². The standard InChI is InChI=1S/C12H15N2O4P/c1-3-17-19(16,18-4-2)12(14-13)11(15)10-8-6-5-7-9-10/h5-9H,3-4H2,1-2H3/p+1. The van der Waals surface area contributed by atoms with Gasteiger partial charge in [0, 0.05) is 5.56 Å². The van der Waals surface area contributed by atoms with Crippen molar-refractivity contribution >= 4 is 13.4 Å². The minimum atomic E-state index is -3.84. The molecule has 0 aliphatic rings. The van der Waals surface area contributed by atoms with Gasteiger partial charge in [-0.3, -0.25) is 0 Å². The van der Waals surface area contributed by atoms with Gasteiger partial charge in [-0.1, -0.05) is 30.3 Å². The first-order valence-corrected chi connectivity index (χ1v) is 7.36. The summed E-state index contributed by atoms with van der Waals surface area (Å²) in [6.45, 7) is 3.44. The van der Waals surface area contributed by atoms with E-state index in [0.29, 0.717) is 5.56 Å². The summed E-state index contributed by atoms with van der Waals surface area (Å²) in [4.78, 5) is 2.89. The molecule has 0 heterocycles. The number of hydrogen-bond donors (Lipinski definition) is 1. The topological polar surface area (TPSA) is 83.9 Å². The number of rotatable bonds is 6. The second-order valence-electron chi connectivity index (χ2n) is 3.47. The SMILES string of the molecule is CCOP(=O)(OCC)/C([N+]#N)=C(\O)c1ccccc1. The highest BCUT2D eigenvalue weighted by molar-refractivity contribution is 7.59. The Hall–Kier alpha value is -1.67. The fraction of sp³-hybridized carbons (Fsp3) is 0.333. The summed E-state index contributed by atoms with van der Waals surface area (Å²) in [7, 11) is -3.84. The van der Waals surface area contributed by atoms with Gasteiger partial charge in [0.2, 0.25) is 11.2 Å². The van der Waals surface area contributed by atoms with Crippen LogP contribution in [0.4, 0.5) is 0 Å². The van der Waals surface area contributed by atoms with Crippen LogP contribution < -0.4 is 0 Å². The van der Waals surface area contributed by atoms with Crippen molar-refractivity contribution in [2.75, 3.05) is 13.2 Å². The molecular formula is C12H16N2O4P+. The van der Waals surface area contributed by atoms with Crippen LogP contribution in [0.1, 0.15) is 19.4 Å². The van der Waals surface area contributed by atoms with Gasteiger partial charge in [0.25, 0.3) is 0 Å². The zero-order valence-electron chi connectivity index (χ0n) is 10.8. The lowest BCUT2D eigenvalue weighted by Gasteiger charge is -2.10. The molecular weight excluding hydrogens is 267 g/mol. The number of aliphatic hydroxyl groups excluding tert-OH is 1. The summed E-state index contributed by atoms with van der Waals surface area (Å²) in [5, 5.41) is 19.1. The summed E-state index contributed by atoms with van der Waals surface area (Å²) in [5.41, 5.74) is -0.141. The van der Waals surface area contributed by atoms with Gasteiger partial charge in [0.15, 0.2) is 4.98 Å². The Morgan fingerprint density at radius 1 is 1.26 bits per heavy atom. The third-order valence-electron chi connectivity index (χ3n) is 2.21. The maximum Gasteiger partial charge on any atom is 0.511 e. The monoisotopic (exact) mass is 283 g/mol. The van der Waals surface area contributed by atoms with Gasteiger partial charge in [-0.25, -0.2) is 4.57 Å². The first kappa shape index (κ1) is 15.4. The average Bonchev–Trinajstić information content (AvgIpc) is 2.40. The van der Waals surface area contributed by atoms with Crippen molar-refractivity contribution in [1.29, 1.82) is 5.39 Å². The van der Waals surface area contributed by atoms with E-state index in [1.807, 2.05) is 0 Å². The Labute approximate surface area is 111 Å². The molecule has 6 nitrogen and oxygen atoms in total.